The second kappa shape index (κ2) is 11.8. The molecule has 1 aromatic carbocycles. The maximum Gasteiger partial charge on any atom is 0.133 e. The van der Waals surface area contributed by atoms with Gasteiger partial charge in [0.15, 0.2) is 0 Å². The molecule has 0 saturated heterocycles. The lowest BCUT2D eigenvalue weighted by Crippen LogP contribution is -2.26. The average Bonchev–Trinajstić information content (AvgIpc) is 2.28. The van der Waals surface area contributed by atoms with Crippen molar-refractivity contribution >= 4 is 40.7 Å². The number of hydrogen-bond donors (Lipinski definition) is 1. The normalized spacial score (nSPS) is 9.74. The van der Waals surface area contributed by atoms with E-state index in [-0.39, 0.29) is 24.8 Å². The van der Waals surface area contributed by atoms with Crippen LogP contribution in [-0.2, 0) is 6.54 Å². The highest BCUT2D eigenvalue weighted by molar-refractivity contribution is 9.10. The van der Waals surface area contributed by atoms with Gasteiger partial charge in [0.2, 0.25) is 0 Å². The van der Waals surface area contributed by atoms with Crippen molar-refractivity contribution in [2.45, 2.75) is 13.5 Å². The molecule has 1 N–H and O–H groups in total. The Balaban J connectivity index is 0. The van der Waals surface area contributed by atoms with Crippen LogP contribution < -0.4 is 10.1 Å². The zero-order valence-electron chi connectivity index (χ0n) is 11.6. The van der Waals surface area contributed by atoms with Crippen LogP contribution in [0, 0.1) is 0 Å². The third-order valence-corrected chi connectivity index (χ3v) is 2.98. The van der Waals surface area contributed by atoms with Crippen LogP contribution in [0.3, 0.4) is 0 Å². The van der Waals surface area contributed by atoms with E-state index in [1.54, 1.807) is 0 Å². The maximum absolute atomic E-state index is 5.47. The molecule has 0 aromatic heterocycles. The van der Waals surface area contributed by atoms with Crippen molar-refractivity contribution < 1.29 is 4.74 Å². The Bertz CT molecular complexity index is 351. The zero-order valence-corrected chi connectivity index (χ0v) is 14.8. The standard InChI is InChI=1S/C13H21BrN2O.2ClH/c1-4-17-13-6-5-11(9-12(13)14)10-15-7-8-16(2)3;;/h5-6,9,15H,4,7-8,10H2,1-3H3;2*1H. The Labute approximate surface area is 137 Å². The number of hydrogen-bond acceptors (Lipinski definition) is 3. The molecule has 0 bridgehead atoms. The zero-order chi connectivity index (χ0) is 12.7. The molecule has 1 rings (SSSR count). The van der Waals surface area contributed by atoms with Gasteiger partial charge in [-0.25, -0.2) is 0 Å². The fourth-order valence-corrected chi connectivity index (χ4v) is 2.00. The summed E-state index contributed by atoms with van der Waals surface area (Å²) in [5.41, 5.74) is 1.26. The molecule has 0 aliphatic rings. The number of nitrogens with zero attached hydrogens (tertiary/aromatic N) is 1. The van der Waals surface area contributed by atoms with Crippen LogP contribution in [0.25, 0.3) is 0 Å². The molecule has 0 atom stereocenters. The van der Waals surface area contributed by atoms with Gasteiger partial charge in [-0.05, 0) is 54.6 Å². The molecule has 112 valence electrons. The summed E-state index contributed by atoms with van der Waals surface area (Å²) in [5, 5.41) is 3.41. The summed E-state index contributed by atoms with van der Waals surface area (Å²) in [5.74, 6) is 0.907. The minimum Gasteiger partial charge on any atom is -0.493 e. The molecule has 3 nitrogen and oxygen atoms in total. The van der Waals surface area contributed by atoms with E-state index in [9.17, 15) is 0 Å². The minimum atomic E-state index is 0. The molecule has 0 aliphatic heterocycles. The second-order valence-electron chi connectivity index (χ2n) is 4.18. The molecule has 19 heavy (non-hydrogen) atoms. The van der Waals surface area contributed by atoms with E-state index in [1.165, 1.54) is 5.56 Å². The number of halogens is 3. The van der Waals surface area contributed by atoms with Crippen molar-refractivity contribution in [2.24, 2.45) is 0 Å². The molecule has 6 heteroatoms. The van der Waals surface area contributed by atoms with Gasteiger partial charge in [0.1, 0.15) is 5.75 Å². The van der Waals surface area contributed by atoms with Crippen molar-refractivity contribution in [3.05, 3.63) is 28.2 Å². The van der Waals surface area contributed by atoms with Crippen LogP contribution in [-0.4, -0.2) is 38.7 Å². The molecule has 0 radical (unpaired) electrons. The highest BCUT2D eigenvalue weighted by atomic mass is 79.9. The fraction of sp³-hybridized carbons (Fsp3) is 0.538. The number of nitrogens with one attached hydrogen (secondary N) is 1. The maximum atomic E-state index is 5.47. The molecule has 0 unspecified atom stereocenters. The highest BCUT2D eigenvalue weighted by Gasteiger charge is 2.01. The molecule has 0 saturated carbocycles. The van der Waals surface area contributed by atoms with E-state index < -0.39 is 0 Å². The monoisotopic (exact) mass is 372 g/mol. The summed E-state index contributed by atoms with van der Waals surface area (Å²) in [6.45, 7) is 5.62. The minimum absolute atomic E-state index is 0. The van der Waals surface area contributed by atoms with Crippen LogP contribution in [0.1, 0.15) is 12.5 Å². The largest absolute Gasteiger partial charge is 0.493 e. The molecule has 0 heterocycles. The molecule has 0 fully saturated rings. The molecule has 0 aliphatic carbocycles. The molecule has 0 amide bonds. The lowest BCUT2D eigenvalue weighted by molar-refractivity contribution is 0.338. The van der Waals surface area contributed by atoms with E-state index >= 15 is 0 Å². The van der Waals surface area contributed by atoms with Crippen LogP contribution in [0.4, 0.5) is 0 Å². The molecule has 1 aromatic rings. The summed E-state index contributed by atoms with van der Waals surface area (Å²) in [6, 6.07) is 6.21. The predicted molar refractivity (Wildman–Crippen MR) is 90.1 cm³/mol. The van der Waals surface area contributed by atoms with Crippen LogP contribution in [0.15, 0.2) is 22.7 Å². The van der Waals surface area contributed by atoms with E-state index in [2.05, 4.69) is 52.4 Å². The van der Waals surface area contributed by atoms with Crippen LogP contribution in [0.2, 0.25) is 0 Å². The van der Waals surface area contributed by atoms with Gasteiger partial charge < -0.3 is 15.0 Å². The van der Waals surface area contributed by atoms with Gasteiger partial charge in [-0.3, -0.25) is 0 Å². The summed E-state index contributed by atoms with van der Waals surface area (Å²) >= 11 is 3.52. The Hall–Kier alpha value is -0.000000000000000111. The van der Waals surface area contributed by atoms with Crippen molar-refractivity contribution in [1.29, 1.82) is 0 Å². The number of likely N-dealkylation sites (N-methyl/N-ethyl adjacent to an activating group) is 1. The Kier molecular flexibility index (Phi) is 13.2. The van der Waals surface area contributed by atoms with Crippen molar-refractivity contribution in [3.8, 4) is 5.75 Å². The van der Waals surface area contributed by atoms with Crippen LogP contribution in [0.5, 0.6) is 5.75 Å². The van der Waals surface area contributed by atoms with E-state index in [1.807, 2.05) is 13.0 Å². The van der Waals surface area contributed by atoms with Crippen molar-refractivity contribution in [1.82, 2.24) is 10.2 Å². The van der Waals surface area contributed by atoms with Gasteiger partial charge in [-0.15, -0.1) is 24.8 Å². The Morgan fingerprint density at radius 1 is 1.26 bits per heavy atom. The fourth-order valence-electron chi connectivity index (χ4n) is 1.46. The first kappa shape index (κ1) is 21.3. The van der Waals surface area contributed by atoms with Gasteiger partial charge in [-0.1, -0.05) is 6.07 Å². The summed E-state index contributed by atoms with van der Waals surface area (Å²) in [7, 11) is 4.16. The summed E-state index contributed by atoms with van der Waals surface area (Å²) < 4.78 is 6.49. The Morgan fingerprint density at radius 2 is 1.95 bits per heavy atom. The lowest BCUT2D eigenvalue weighted by Gasteiger charge is -2.11. The van der Waals surface area contributed by atoms with Gasteiger partial charge >= 0.3 is 0 Å². The van der Waals surface area contributed by atoms with E-state index in [0.717, 1.165) is 29.9 Å². The lowest BCUT2D eigenvalue weighted by atomic mass is 10.2. The van der Waals surface area contributed by atoms with Gasteiger partial charge in [0, 0.05) is 19.6 Å². The average molecular weight is 374 g/mol. The first-order valence-electron chi connectivity index (χ1n) is 5.90. The molecular formula is C13H23BrCl2N2O. The topological polar surface area (TPSA) is 24.5 Å². The molecular weight excluding hydrogens is 351 g/mol. The Morgan fingerprint density at radius 3 is 2.47 bits per heavy atom. The number of benzene rings is 1. The van der Waals surface area contributed by atoms with Crippen molar-refractivity contribution in [2.75, 3.05) is 33.8 Å². The quantitative estimate of drug-likeness (QED) is 0.741. The van der Waals surface area contributed by atoms with E-state index in [0.29, 0.717) is 6.61 Å². The number of ether oxygens (including phenoxy) is 1. The first-order valence-corrected chi connectivity index (χ1v) is 6.69. The van der Waals surface area contributed by atoms with Crippen molar-refractivity contribution in [3.63, 3.8) is 0 Å². The smallest absolute Gasteiger partial charge is 0.133 e. The third-order valence-electron chi connectivity index (χ3n) is 2.36. The third kappa shape index (κ3) is 8.71. The van der Waals surface area contributed by atoms with Gasteiger partial charge in [-0.2, -0.15) is 0 Å². The SMILES string of the molecule is CCOc1ccc(CNCCN(C)C)cc1Br.Cl.Cl. The molecule has 0 spiro atoms. The predicted octanol–water partition coefficient (Wildman–Crippen LogP) is 3.34. The van der Waals surface area contributed by atoms with Crippen LogP contribution >= 0.6 is 40.7 Å². The summed E-state index contributed by atoms with van der Waals surface area (Å²) in [6.07, 6.45) is 0. The number of rotatable bonds is 7. The second-order valence-corrected chi connectivity index (χ2v) is 5.03. The highest BCUT2D eigenvalue weighted by Crippen LogP contribution is 2.25. The van der Waals surface area contributed by atoms with E-state index in [4.69, 9.17) is 4.74 Å². The first-order chi connectivity index (χ1) is 8.13. The van der Waals surface area contributed by atoms with Gasteiger partial charge in [0.25, 0.3) is 0 Å². The van der Waals surface area contributed by atoms with Gasteiger partial charge in [0.05, 0.1) is 11.1 Å². The summed E-state index contributed by atoms with van der Waals surface area (Å²) in [4.78, 5) is 2.17.